The molecule has 6 unspecified atom stereocenters. The van der Waals surface area contributed by atoms with Crippen LogP contribution < -0.4 is 0 Å². The zero-order valence-corrected chi connectivity index (χ0v) is 21.4. The van der Waals surface area contributed by atoms with Crippen LogP contribution in [0, 0.1) is 17.8 Å². The minimum atomic E-state index is -0.678. The number of unbranched alkanes of at least 4 members (excludes halogenated alkanes) is 3. The SMILES string of the molecule is O=C(OCCCCC1CO1)C1CCC(C(=O)OCCCCC2CO2)C(C(=O)OCCCCC2CO2)C1. The van der Waals surface area contributed by atoms with Crippen LogP contribution in [0.4, 0.5) is 0 Å². The molecule has 36 heavy (non-hydrogen) atoms. The van der Waals surface area contributed by atoms with E-state index in [1.54, 1.807) is 0 Å². The summed E-state index contributed by atoms with van der Waals surface area (Å²) in [6.07, 6.45) is 10.5. The van der Waals surface area contributed by atoms with Crippen LogP contribution in [0.15, 0.2) is 0 Å². The number of hydrogen-bond donors (Lipinski definition) is 0. The van der Waals surface area contributed by atoms with Gasteiger partial charge in [-0.05, 0) is 77.0 Å². The van der Waals surface area contributed by atoms with Crippen molar-refractivity contribution in [2.24, 2.45) is 17.8 Å². The number of carbonyl (C=O) groups excluding carboxylic acids is 3. The Labute approximate surface area is 213 Å². The van der Waals surface area contributed by atoms with Crippen molar-refractivity contribution in [2.75, 3.05) is 39.6 Å². The van der Waals surface area contributed by atoms with Crippen molar-refractivity contribution in [1.82, 2.24) is 0 Å². The molecule has 0 radical (unpaired) electrons. The second kappa shape index (κ2) is 14.3. The maximum absolute atomic E-state index is 13.0. The van der Waals surface area contributed by atoms with Crippen molar-refractivity contribution in [1.29, 1.82) is 0 Å². The topological polar surface area (TPSA) is 116 Å². The summed E-state index contributed by atoms with van der Waals surface area (Å²) in [5, 5.41) is 0. The van der Waals surface area contributed by atoms with Gasteiger partial charge in [-0.25, -0.2) is 0 Å². The molecule has 0 aromatic rings. The number of hydrogen-bond acceptors (Lipinski definition) is 9. The van der Waals surface area contributed by atoms with Gasteiger partial charge in [0.1, 0.15) is 0 Å². The van der Waals surface area contributed by atoms with E-state index >= 15 is 0 Å². The molecule has 0 N–H and O–H groups in total. The zero-order chi connectivity index (χ0) is 25.2. The van der Waals surface area contributed by atoms with Gasteiger partial charge in [-0.3, -0.25) is 14.4 Å². The molecule has 4 rings (SSSR count). The predicted octanol–water partition coefficient (Wildman–Crippen LogP) is 3.36. The Bertz CT molecular complexity index is 714. The molecule has 3 saturated heterocycles. The van der Waals surface area contributed by atoms with Gasteiger partial charge in [0.05, 0.1) is 75.7 Å². The summed E-state index contributed by atoms with van der Waals surface area (Å²) < 4.78 is 32.2. The van der Waals surface area contributed by atoms with E-state index in [9.17, 15) is 14.4 Å². The summed E-state index contributed by atoms with van der Waals surface area (Å²) in [5.74, 6) is -2.71. The third-order valence-corrected chi connectivity index (χ3v) is 7.49. The molecule has 0 aromatic heterocycles. The predicted molar refractivity (Wildman–Crippen MR) is 128 cm³/mol. The molecule has 0 aromatic carbocycles. The Morgan fingerprint density at radius 2 is 0.972 bits per heavy atom. The van der Waals surface area contributed by atoms with Gasteiger partial charge in [0.2, 0.25) is 0 Å². The van der Waals surface area contributed by atoms with Gasteiger partial charge < -0.3 is 28.4 Å². The van der Waals surface area contributed by atoms with Gasteiger partial charge in [0, 0.05) is 0 Å². The first-order chi connectivity index (χ1) is 17.6. The fourth-order valence-electron chi connectivity index (χ4n) is 4.90. The largest absolute Gasteiger partial charge is 0.465 e. The summed E-state index contributed by atoms with van der Waals surface area (Å²) >= 11 is 0. The average molecular weight is 511 g/mol. The van der Waals surface area contributed by atoms with Crippen molar-refractivity contribution in [3.8, 4) is 0 Å². The van der Waals surface area contributed by atoms with E-state index in [1.807, 2.05) is 0 Å². The second-order valence-electron chi connectivity index (χ2n) is 10.6. The highest BCUT2D eigenvalue weighted by Crippen LogP contribution is 2.36. The highest BCUT2D eigenvalue weighted by Gasteiger charge is 2.43. The van der Waals surface area contributed by atoms with Crippen LogP contribution in [-0.2, 0) is 42.8 Å². The Morgan fingerprint density at radius 1 is 0.556 bits per heavy atom. The summed E-state index contributed by atoms with van der Waals surface area (Å²) in [6.45, 7) is 3.52. The number of carbonyl (C=O) groups is 3. The molecule has 9 heteroatoms. The molecular weight excluding hydrogens is 468 g/mol. The van der Waals surface area contributed by atoms with Crippen LogP contribution in [-0.4, -0.2) is 75.9 Å². The van der Waals surface area contributed by atoms with Crippen LogP contribution in [0.2, 0.25) is 0 Å². The van der Waals surface area contributed by atoms with E-state index < -0.39 is 23.7 Å². The van der Waals surface area contributed by atoms with E-state index in [1.165, 1.54) is 0 Å². The monoisotopic (exact) mass is 510 g/mol. The quantitative estimate of drug-likeness (QED) is 0.118. The Morgan fingerprint density at radius 3 is 1.42 bits per heavy atom. The summed E-state index contributed by atoms with van der Waals surface area (Å²) in [6, 6.07) is 0. The Kier molecular flexibility index (Phi) is 10.8. The zero-order valence-electron chi connectivity index (χ0n) is 21.4. The van der Waals surface area contributed by atoms with Crippen LogP contribution in [0.3, 0.4) is 0 Å². The fourth-order valence-corrected chi connectivity index (χ4v) is 4.90. The minimum absolute atomic E-state index is 0.266. The molecule has 4 fully saturated rings. The molecule has 0 amide bonds. The first kappa shape index (κ1) is 27.3. The highest BCUT2D eigenvalue weighted by atomic mass is 16.6. The third-order valence-electron chi connectivity index (χ3n) is 7.49. The Balaban J connectivity index is 1.20. The van der Waals surface area contributed by atoms with Crippen LogP contribution >= 0.6 is 0 Å². The average Bonchev–Trinajstić information content (AvgIpc) is 3.73. The van der Waals surface area contributed by atoms with Crippen molar-refractivity contribution in [3.63, 3.8) is 0 Å². The molecule has 3 aliphatic heterocycles. The summed E-state index contributed by atoms with van der Waals surface area (Å²) in [4.78, 5) is 38.5. The molecule has 0 spiro atoms. The number of ether oxygens (including phenoxy) is 6. The van der Waals surface area contributed by atoms with Crippen molar-refractivity contribution in [3.05, 3.63) is 0 Å². The van der Waals surface area contributed by atoms with E-state index in [0.29, 0.717) is 51.0 Å². The smallest absolute Gasteiger partial charge is 0.309 e. The molecule has 204 valence electrons. The lowest BCUT2D eigenvalue weighted by molar-refractivity contribution is -0.167. The van der Waals surface area contributed by atoms with Crippen LogP contribution in [0.5, 0.6) is 0 Å². The van der Waals surface area contributed by atoms with E-state index in [-0.39, 0.29) is 18.4 Å². The normalized spacial score (nSPS) is 30.3. The van der Waals surface area contributed by atoms with Crippen LogP contribution in [0.1, 0.15) is 77.0 Å². The van der Waals surface area contributed by atoms with E-state index in [0.717, 1.165) is 77.6 Å². The minimum Gasteiger partial charge on any atom is -0.465 e. The third kappa shape index (κ3) is 9.98. The second-order valence-corrected chi connectivity index (χ2v) is 10.6. The van der Waals surface area contributed by atoms with Crippen molar-refractivity contribution in [2.45, 2.75) is 95.4 Å². The lowest BCUT2D eigenvalue weighted by Gasteiger charge is -2.32. The van der Waals surface area contributed by atoms with Crippen molar-refractivity contribution < 1.29 is 42.8 Å². The molecule has 1 saturated carbocycles. The molecule has 0 bridgehead atoms. The number of esters is 3. The summed E-state index contributed by atoms with van der Waals surface area (Å²) in [7, 11) is 0. The highest BCUT2D eigenvalue weighted by molar-refractivity contribution is 5.83. The fraction of sp³-hybridized carbons (Fsp3) is 0.889. The first-order valence-corrected chi connectivity index (χ1v) is 13.9. The first-order valence-electron chi connectivity index (χ1n) is 13.9. The standard InChI is InChI=1S/C27H42O9/c28-25(31-12-4-1-7-20-16-34-20)19-10-11-23(26(29)32-13-5-2-8-21-17-35-21)24(15-19)27(30)33-14-6-3-9-22-18-36-22/h19-24H,1-18H2. The maximum atomic E-state index is 13.0. The van der Waals surface area contributed by atoms with E-state index in [4.69, 9.17) is 28.4 Å². The van der Waals surface area contributed by atoms with Gasteiger partial charge in [-0.1, -0.05) is 0 Å². The summed E-state index contributed by atoms with van der Waals surface area (Å²) in [5.41, 5.74) is 0. The lowest BCUT2D eigenvalue weighted by atomic mass is 9.74. The Hall–Kier alpha value is -1.71. The molecule has 9 nitrogen and oxygen atoms in total. The number of rotatable bonds is 18. The van der Waals surface area contributed by atoms with Crippen molar-refractivity contribution >= 4 is 17.9 Å². The van der Waals surface area contributed by atoms with Gasteiger partial charge in [0.25, 0.3) is 0 Å². The van der Waals surface area contributed by atoms with Gasteiger partial charge >= 0.3 is 17.9 Å². The molecule has 1 aliphatic carbocycles. The molecule has 4 aliphatic rings. The maximum Gasteiger partial charge on any atom is 0.309 e. The van der Waals surface area contributed by atoms with E-state index in [2.05, 4.69) is 0 Å². The van der Waals surface area contributed by atoms with Gasteiger partial charge in [-0.15, -0.1) is 0 Å². The van der Waals surface area contributed by atoms with Gasteiger partial charge in [0.15, 0.2) is 0 Å². The van der Waals surface area contributed by atoms with Crippen LogP contribution in [0.25, 0.3) is 0 Å². The lowest BCUT2D eigenvalue weighted by Crippen LogP contribution is -2.40. The molecule has 6 atom stereocenters. The number of epoxide rings is 3. The molecular formula is C27H42O9. The molecule has 3 heterocycles. The van der Waals surface area contributed by atoms with Gasteiger partial charge in [-0.2, -0.15) is 0 Å².